The molecule has 0 aliphatic carbocycles. The van der Waals surface area contributed by atoms with Gasteiger partial charge < -0.3 is 5.73 Å². The standard InChI is InChI=1S/C9H11N3/c1-8-3-4-9(12-7-8)11-6-2-5-10/h2-7H,10H2,1H3. The van der Waals surface area contributed by atoms with Crippen LogP contribution in [-0.4, -0.2) is 11.2 Å². The van der Waals surface area contributed by atoms with E-state index in [1.165, 1.54) is 6.20 Å². The Bertz CT molecular complexity index is 285. The van der Waals surface area contributed by atoms with Gasteiger partial charge in [-0.15, -0.1) is 0 Å². The summed E-state index contributed by atoms with van der Waals surface area (Å²) >= 11 is 0. The van der Waals surface area contributed by atoms with Gasteiger partial charge in [0, 0.05) is 12.4 Å². The van der Waals surface area contributed by atoms with Crippen molar-refractivity contribution in [1.29, 1.82) is 0 Å². The number of aliphatic imine (C=N–C) groups is 1. The molecule has 12 heavy (non-hydrogen) atoms. The minimum absolute atomic E-state index is 0.693. The molecule has 1 aromatic rings. The molecule has 62 valence electrons. The Hall–Kier alpha value is -1.64. The molecule has 0 radical (unpaired) electrons. The van der Waals surface area contributed by atoms with Gasteiger partial charge in [0.2, 0.25) is 0 Å². The molecule has 0 saturated carbocycles. The van der Waals surface area contributed by atoms with Crippen molar-refractivity contribution in [1.82, 2.24) is 4.98 Å². The van der Waals surface area contributed by atoms with Gasteiger partial charge in [-0.25, -0.2) is 9.98 Å². The fraction of sp³-hybridized carbons (Fsp3) is 0.111. The zero-order chi connectivity index (χ0) is 8.81. The first-order valence-electron chi connectivity index (χ1n) is 3.66. The van der Waals surface area contributed by atoms with Crippen LogP contribution in [0.5, 0.6) is 0 Å². The molecule has 1 rings (SSSR count). The lowest BCUT2D eigenvalue weighted by atomic mass is 10.3. The number of aromatic nitrogens is 1. The Morgan fingerprint density at radius 3 is 2.92 bits per heavy atom. The molecule has 0 saturated heterocycles. The van der Waals surface area contributed by atoms with Crippen LogP contribution in [0, 0.1) is 6.92 Å². The number of allylic oxidation sites excluding steroid dienone is 1. The van der Waals surface area contributed by atoms with Gasteiger partial charge in [0.05, 0.1) is 0 Å². The summed E-state index contributed by atoms with van der Waals surface area (Å²) in [5.74, 6) is 0.693. The molecular weight excluding hydrogens is 150 g/mol. The number of nitrogens with two attached hydrogens (primary N) is 1. The van der Waals surface area contributed by atoms with E-state index in [1.807, 2.05) is 19.1 Å². The van der Waals surface area contributed by atoms with Crippen LogP contribution < -0.4 is 5.73 Å². The maximum atomic E-state index is 5.12. The molecule has 0 atom stereocenters. The van der Waals surface area contributed by atoms with Gasteiger partial charge in [0.1, 0.15) is 0 Å². The van der Waals surface area contributed by atoms with Crippen molar-refractivity contribution in [2.24, 2.45) is 10.7 Å². The molecular formula is C9H11N3. The van der Waals surface area contributed by atoms with E-state index in [4.69, 9.17) is 5.73 Å². The zero-order valence-corrected chi connectivity index (χ0v) is 6.94. The van der Waals surface area contributed by atoms with Crippen molar-refractivity contribution < 1.29 is 0 Å². The molecule has 1 aromatic heterocycles. The lowest BCUT2D eigenvalue weighted by Gasteiger charge is -1.91. The second-order valence-corrected chi connectivity index (χ2v) is 2.36. The van der Waals surface area contributed by atoms with E-state index in [1.54, 1.807) is 18.5 Å². The lowest BCUT2D eigenvalue weighted by Crippen LogP contribution is -1.78. The van der Waals surface area contributed by atoms with E-state index < -0.39 is 0 Å². The SMILES string of the molecule is Cc1ccc(N=CC=CN)nc1. The average molecular weight is 161 g/mol. The highest BCUT2D eigenvalue weighted by molar-refractivity contribution is 5.73. The molecule has 0 aliphatic heterocycles. The summed E-state index contributed by atoms with van der Waals surface area (Å²) in [5.41, 5.74) is 6.25. The van der Waals surface area contributed by atoms with Crippen LogP contribution >= 0.6 is 0 Å². The largest absolute Gasteiger partial charge is 0.405 e. The molecule has 0 bridgehead atoms. The molecule has 0 aromatic carbocycles. The van der Waals surface area contributed by atoms with Gasteiger partial charge in [-0.2, -0.15) is 0 Å². The molecule has 0 amide bonds. The Morgan fingerprint density at radius 1 is 1.50 bits per heavy atom. The van der Waals surface area contributed by atoms with Crippen molar-refractivity contribution in [2.45, 2.75) is 6.92 Å². The van der Waals surface area contributed by atoms with Gasteiger partial charge in [-0.3, -0.25) is 0 Å². The number of aryl methyl sites for hydroxylation is 1. The Kier molecular flexibility index (Phi) is 3.02. The maximum absolute atomic E-state index is 5.12. The first kappa shape index (κ1) is 8.46. The third-order valence-electron chi connectivity index (χ3n) is 1.30. The fourth-order valence-corrected chi connectivity index (χ4v) is 0.705. The topological polar surface area (TPSA) is 51.3 Å². The molecule has 3 nitrogen and oxygen atoms in total. The second-order valence-electron chi connectivity index (χ2n) is 2.36. The van der Waals surface area contributed by atoms with E-state index in [0.29, 0.717) is 5.82 Å². The minimum Gasteiger partial charge on any atom is -0.405 e. The minimum atomic E-state index is 0.693. The third kappa shape index (κ3) is 2.54. The van der Waals surface area contributed by atoms with Gasteiger partial charge in [0.15, 0.2) is 5.82 Å². The van der Waals surface area contributed by atoms with Crippen LogP contribution in [0.4, 0.5) is 5.82 Å². The number of nitrogens with zero attached hydrogens (tertiary/aromatic N) is 2. The Morgan fingerprint density at radius 2 is 2.33 bits per heavy atom. The molecule has 0 unspecified atom stereocenters. The van der Waals surface area contributed by atoms with Crippen LogP contribution in [0.25, 0.3) is 0 Å². The molecule has 1 heterocycles. The number of rotatable bonds is 2. The predicted molar refractivity (Wildman–Crippen MR) is 50.5 cm³/mol. The maximum Gasteiger partial charge on any atom is 0.151 e. The highest BCUT2D eigenvalue weighted by atomic mass is 14.9. The van der Waals surface area contributed by atoms with Gasteiger partial charge in [-0.05, 0) is 30.8 Å². The number of pyridine rings is 1. The first-order valence-corrected chi connectivity index (χ1v) is 3.66. The average Bonchev–Trinajstić information content (AvgIpc) is 2.09. The van der Waals surface area contributed by atoms with Crippen molar-refractivity contribution >= 4 is 12.0 Å². The quantitative estimate of drug-likeness (QED) is 0.669. The van der Waals surface area contributed by atoms with E-state index in [0.717, 1.165) is 5.56 Å². The summed E-state index contributed by atoms with van der Waals surface area (Å²) in [4.78, 5) is 8.11. The van der Waals surface area contributed by atoms with Crippen molar-refractivity contribution in [3.05, 3.63) is 36.2 Å². The third-order valence-corrected chi connectivity index (χ3v) is 1.30. The fourth-order valence-electron chi connectivity index (χ4n) is 0.705. The molecule has 0 spiro atoms. The van der Waals surface area contributed by atoms with Crippen LogP contribution in [0.15, 0.2) is 35.6 Å². The highest BCUT2D eigenvalue weighted by Gasteiger charge is 1.86. The van der Waals surface area contributed by atoms with E-state index in [-0.39, 0.29) is 0 Å². The second kappa shape index (κ2) is 4.28. The van der Waals surface area contributed by atoms with Crippen LogP contribution in [0.2, 0.25) is 0 Å². The van der Waals surface area contributed by atoms with Gasteiger partial charge in [0.25, 0.3) is 0 Å². The summed E-state index contributed by atoms with van der Waals surface area (Å²) in [6, 6.07) is 3.82. The van der Waals surface area contributed by atoms with Gasteiger partial charge >= 0.3 is 0 Å². The first-order chi connectivity index (χ1) is 5.83. The van der Waals surface area contributed by atoms with Gasteiger partial charge in [-0.1, -0.05) is 6.07 Å². The number of hydrogen-bond donors (Lipinski definition) is 1. The summed E-state index contributed by atoms with van der Waals surface area (Å²) in [6.45, 7) is 1.99. The highest BCUT2D eigenvalue weighted by Crippen LogP contribution is 2.06. The molecule has 3 heteroatoms. The Labute approximate surface area is 71.7 Å². The summed E-state index contributed by atoms with van der Waals surface area (Å²) in [7, 11) is 0. The van der Waals surface area contributed by atoms with Crippen molar-refractivity contribution in [3.8, 4) is 0 Å². The number of hydrogen-bond acceptors (Lipinski definition) is 3. The van der Waals surface area contributed by atoms with E-state index in [9.17, 15) is 0 Å². The summed E-state index contributed by atoms with van der Waals surface area (Å²) < 4.78 is 0. The van der Waals surface area contributed by atoms with Crippen molar-refractivity contribution in [3.63, 3.8) is 0 Å². The Balaban J connectivity index is 2.70. The lowest BCUT2D eigenvalue weighted by molar-refractivity contribution is 1.24. The van der Waals surface area contributed by atoms with Crippen molar-refractivity contribution in [2.75, 3.05) is 0 Å². The van der Waals surface area contributed by atoms with Crippen LogP contribution in [-0.2, 0) is 0 Å². The van der Waals surface area contributed by atoms with Crippen LogP contribution in [0.1, 0.15) is 5.56 Å². The smallest absolute Gasteiger partial charge is 0.151 e. The summed E-state index contributed by atoms with van der Waals surface area (Å²) in [6.07, 6.45) is 6.47. The predicted octanol–water partition coefficient (Wildman–Crippen LogP) is 1.56. The summed E-state index contributed by atoms with van der Waals surface area (Å²) in [5, 5.41) is 0. The van der Waals surface area contributed by atoms with E-state index >= 15 is 0 Å². The van der Waals surface area contributed by atoms with E-state index in [2.05, 4.69) is 9.98 Å². The zero-order valence-electron chi connectivity index (χ0n) is 6.94. The molecule has 2 N–H and O–H groups in total. The molecule has 0 aliphatic rings. The molecule has 0 fully saturated rings. The van der Waals surface area contributed by atoms with Crippen LogP contribution in [0.3, 0.4) is 0 Å². The normalized spacial score (nSPS) is 11.4. The monoisotopic (exact) mass is 161 g/mol.